The Kier molecular flexibility index (Phi) is 5.99. The summed E-state index contributed by atoms with van der Waals surface area (Å²) in [6, 6.07) is 4.19. The van der Waals surface area contributed by atoms with Gasteiger partial charge in [-0.1, -0.05) is 18.2 Å². The zero-order valence-electron chi connectivity index (χ0n) is 18.4. The van der Waals surface area contributed by atoms with Crippen LogP contribution in [0.1, 0.15) is 51.7 Å². The molecule has 0 atom stereocenters. The molecule has 0 bridgehead atoms. The summed E-state index contributed by atoms with van der Waals surface area (Å²) >= 11 is 0. The lowest BCUT2D eigenvalue weighted by molar-refractivity contribution is 0.0648. The van der Waals surface area contributed by atoms with Crippen LogP contribution in [0.15, 0.2) is 65.6 Å². The van der Waals surface area contributed by atoms with E-state index in [1.165, 1.54) is 18.2 Å². The molecule has 2 aromatic rings. The van der Waals surface area contributed by atoms with Crippen molar-refractivity contribution in [3.63, 3.8) is 0 Å². The maximum Gasteiger partial charge on any atom is 0.278 e. The summed E-state index contributed by atoms with van der Waals surface area (Å²) in [7, 11) is 0. The second-order valence-corrected chi connectivity index (χ2v) is 8.28. The molecule has 5 rings (SSSR count). The van der Waals surface area contributed by atoms with Crippen molar-refractivity contribution >= 4 is 29.5 Å². The molecule has 2 fully saturated rings. The first-order valence-electron chi connectivity index (χ1n) is 11.2. The van der Waals surface area contributed by atoms with Crippen LogP contribution in [0.4, 0.5) is 15.9 Å². The Labute approximate surface area is 196 Å². The van der Waals surface area contributed by atoms with Crippen LogP contribution >= 0.6 is 0 Å². The lowest BCUT2D eigenvalue weighted by Crippen LogP contribution is -2.42. The molecule has 0 unspecified atom stereocenters. The monoisotopic (exact) mass is 458 g/mol. The molecule has 1 aromatic carbocycles. The third-order valence-electron chi connectivity index (χ3n) is 5.77. The van der Waals surface area contributed by atoms with Gasteiger partial charge in [0.1, 0.15) is 5.82 Å². The minimum atomic E-state index is -0.679. The van der Waals surface area contributed by atoms with Crippen LogP contribution < -0.4 is 10.6 Å². The summed E-state index contributed by atoms with van der Waals surface area (Å²) in [6.45, 7) is 1.15. The Morgan fingerprint density at radius 1 is 1.12 bits per heavy atom. The average molecular weight is 458 g/mol. The summed E-state index contributed by atoms with van der Waals surface area (Å²) in [5.41, 5.74) is 1.36. The van der Waals surface area contributed by atoms with Crippen molar-refractivity contribution in [2.75, 3.05) is 23.7 Å². The quantitative estimate of drug-likeness (QED) is 0.681. The van der Waals surface area contributed by atoms with Crippen molar-refractivity contribution in [1.82, 2.24) is 14.9 Å². The predicted octanol–water partition coefficient (Wildman–Crippen LogP) is 4.04. The van der Waals surface area contributed by atoms with Crippen LogP contribution in [0, 0.1) is 5.82 Å². The third kappa shape index (κ3) is 4.63. The van der Waals surface area contributed by atoms with Gasteiger partial charge in [0.2, 0.25) is 0 Å². The van der Waals surface area contributed by atoms with E-state index in [9.17, 15) is 14.0 Å². The molecule has 8 nitrogen and oxygen atoms in total. The van der Waals surface area contributed by atoms with Gasteiger partial charge < -0.3 is 15.5 Å². The molecule has 1 saturated heterocycles. The van der Waals surface area contributed by atoms with E-state index in [1.54, 1.807) is 35.7 Å². The highest BCUT2D eigenvalue weighted by atomic mass is 19.1. The number of allylic oxidation sites excluding steroid dienone is 5. The van der Waals surface area contributed by atoms with E-state index in [4.69, 9.17) is 0 Å². The molecular formula is C25H23FN6O2. The molecule has 9 heteroatoms. The minimum Gasteiger partial charge on any atom is -0.338 e. The molecule has 3 heterocycles. The number of carbonyl (C=O) groups excluding carboxylic acids is 2. The number of rotatable bonds is 6. The van der Waals surface area contributed by atoms with E-state index in [-0.39, 0.29) is 28.7 Å². The summed E-state index contributed by atoms with van der Waals surface area (Å²) in [6.07, 6.45) is 15.0. The van der Waals surface area contributed by atoms with E-state index in [0.717, 1.165) is 25.0 Å². The zero-order chi connectivity index (χ0) is 23.5. The molecule has 2 amide bonds. The van der Waals surface area contributed by atoms with Gasteiger partial charge in [-0.15, -0.1) is 0 Å². The molecule has 34 heavy (non-hydrogen) atoms. The Balaban J connectivity index is 1.46. The highest BCUT2D eigenvalue weighted by molar-refractivity contribution is 6.10. The molecule has 1 aliphatic carbocycles. The fraction of sp³-hybridized carbons (Fsp3) is 0.240. The van der Waals surface area contributed by atoms with Crippen LogP contribution in [-0.4, -0.2) is 46.0 Å². The minimum absolute atomic E-state index is 0.0619. The van der Waals surface area contributed by atoms with Crippen molar-refractivity contribution in [3.8, 4) is 0 Å². The highest BCUT2D eigenvalue weighted by Crippen LogP contribution is 2.39. The van der Waals surface area contributed by atoms with Crippen molar-refractivity contribution in [1.29, 1.82) is 0 Å². The summed E-state index contributed by atoms with van der Waals surface area (Å²) in [4.78, 5) is 40.9. The number of halogens is 1. The largest absolute Gasteiger partial charge is 0.338 e. The van der Waals surface area contributed by atoms with Crippen molar-refractivity contribution < 1.29 is 14.0 Å². The summed E-state index contributed by atoms with van der Waals surface area (Å²) < 4.78 is 14.6. The van der Waals surface area contributed by atoms with Gasteiger partial charge in [-0.2, -0.15) is 0 Å². The number of hydrogen-bond acceptors (Lipinski definition) is 6. The van der Waals surface area contributed by atoms with Crippen molar-refractivity contribution in [2.24, 2.45) is 4.99 Å². The molecule has 0 radical (unpaired) electrons. The fourth-order valence-electron chi connectivity index (χ4n) is 3.63. The normalized spacial score (nSPS) is 18.7. The first kappa shape index (κ1) is 21.7. The van der Waals surface area contributed by atoms with E-state index in [1.807, 2.05) is 12.2 Å². The number of amides is 2. The number of aromatic nitrogens is 2. The topological polar surface area (TPSA) is 99.6 Å². The van der Waals surface area contributed by atoms with Gasteiger partial charge in [0.25, 0.3) is 11.8 Å². The first-order valence-corrected chi connectivity index (χ1v) is 11.2. The molecular weight excluding hydrogens is 435 g/mol. The van der Waals surface area contributed by atoms with Gasteiger partial charge in [0.15, 0.2) is 11.5 Å². The lowest BCUT2D eigenvalue weighted by atomic mass is 10.1. The van der Waals surface area contributed by atoms with Crippen LogP contribution in [0.3, 0.4) is 0 Å². The van der Waals surface area contributed by atoms with E-state index in [0.29, 0.717) is 18.8 Å². The molecule has 2 aliphatic heterocycles. The standard InChI is InChI=1S/C25H23FN6O2/c26-18-7-4-8-19(21(18)25(34)32-12-5-13-32)31-24(33)22-23(28-15-20(30-22)16-9-10-16)29-17-6-2-1-3-11-27-14-17/h1-4,6-8,11,14-16H,5,9-10,12-13H2,(H,28,29)(H,31,33)/b2-1+,3-1?,6-2?,11-3+,17-6?,17-14?,27-11?,27-14?. The molecule has 172 valence electrons. The number of anilines is 2. The molecule has 0 spiro atoms. The Morgan fingerprint density at radius 3 is 2.74 bits per heavy atom. The number of likely N-dealkylation sites (tertiary alicyclic amines) is 1. The fourth-order valence-corrected chi connectivity index (χ4v) is 3.63. The van der Waals surface area contributed by atoms with Gasteiger partial charge in [-0.3, -0.25) is 14.6 Å². The van der Waals surface area contributed by atoms with E-state index in [2.05, 4.69) is 25.6 Å². The zero-order valence-corrected chi connectivity index (χ0v) is 18.4. The Morgan fingerprint density at radius 2 is 1.97 bits per heavy atom. The number of hydrogen-bond donors (Lipinski definition) is 2. The Hall–Kier alpha value is -4.14. The maximum atomic E-state index is 14.6. The number of benzene rings is 1. The maximum absolute atomic E-state index is 14.6. The van der Waals surface area contributed by atoms with Gasteiger partial charge in [0.05, 0.1) is 35.1 Å². The van der Waals surface area contributed by atoms with Crippen LogP contribution in [0.25, 0.3) is 0 Å². The van der Waals surface area contributed by atoms with Gasteiger partial charge in [-0.25, -0.2) is 14.4 Å². The Bertz CT molecular complexity index is 1260. The number of nitrogens with one attached hydrogen (secondary N) is 2. The van der Waals surface area contributed by atoms with E-state index >= 15 is 0 Å². The first-order chi connectivity index (χ1) is 16.6. The summed E-state index contributed by atoms with van der Waals surface area (Å²) in [5.74, 6) is -1.18. The lowest BCUT2D eigenvalue weighted by Gasteiger charge is -2.31. The summed E-state index contributed by atoms with van der Waals surface area (Å²) in [5, 5.41) is 5.79. The van der Waals surface area contributed by atoms with E-state index < -0.39 is 17.6 Å². The second kappa shape index (κ2) is 9.38. The molecule has 3 aliphatic rings. The van der Waals surface area contributed by atoms with Gasteiger partial charge in [0, 0.05) is 25.2 Å². The smallest absolute Gasteiger partial charge is 0.278 e. The van der Waals surface area contributed by atoms with Crippen LogP contribution in [-0.2, 0) is 0 Å². The molecule has 1 aromatic heterocycles. The van der Waals surface area contributed by atoms with Crippen LogP contribution in [0.2, 0.25) is 0 Å². The van der Waals surface area contributed by atoms with Gasteiger partial charge in [-0.05, 0) is 43.5 Å². The number of nitrogens with zero attached hydrogens (tertiary/aromatic N) is 4. The highest BCUT2D eigenvalue weighted by Gasteiger charge is 2.30. The third-order valence-corrected chi connectivity index (χ3v) is 5.77. The average Bonchev–Trinajstić information content (AvgIpc) is 3.60. The number of carbonyl (C=O) groups is 2. The SMILES string of the molecule is O=C(Nc1cccc(F)c1C(=O)N1CCC1)c1nc(C2CC2)cnc1NC1=C/C=C/C=C/N=C1. The second-order valence-electron chi connectivity index (χ2n) is 8.28. The van der Waals surface area contributed by atoms with Crippen molar-refractivity contribution in [2.45, 2.75) is 25.2 Å². The molecule has 1 saturated carbocycles. The predicted molar refractivity (Wildman–Crippen MR) is 127 cm³/mol. The molecule has 2 N–H and O–H groups in total. The van der Waals surface area contributed by atoms with Gasteiger partial charge >= 0.3 is 0 Å². The van der Waals surface area contributed by atoms with Crippen molar-refractivity contribution in [3.05, 3.63) is 83.4 Å². The van der Waals surface area contributed by atoms with Crippen LogP contribution in [0.5, 0.6) is 0 Å². The number of aliphatic imine (C=N–C) groups is 1.